The molecule has 9 heteroatoms. The molecule has 0 aliphatic rings. The number of nitrogens with zero attached hydrogens (tertiary/aromatic N) is 2. The van der Waals surface area contributed by atoms with Crippen molar-refractivity contribution in [2.45, 2.75) is 6.92 Å². The summed E-state index contributed by atoms with van der Waals surface area (Å²) in [5, 5.41) is 9.25. The molecule has 1 aromatic heterocycles. The fraction of sp³-hybridized carbons (Fsp3) is 0.286. The Kier molecular flexibility index (Phi) is 5.22. The van der Waals surface area contributed by atoms with Crippen LogP contribution in [0, 0.1) is 0 Å². The van der Waals surface area contributed by atoms with E-state index in [1.54, 1.807) is 37.5 Å². The van der Waals surface area contributed by atoms with E-state index in [2.05, 4.69) is 30.6 Å². The van der Waals surface area contributed by atoms with Crippen molar-refractivity contribution in [1.82, 2.24) is 9.97 Å². The van der Waals surface area contributed by atoms with Gasteiger partial charge in [0.15, 0.2) is 5.82 Å². The van der Waals surface area contributed by atoms with Gasteiger partial charge >= 0.3 is 0 Å². The Hall–Kier alpha value is -2.55. The number of anilines is 5. The molecule has 8 nitrogen and oxygen atoms in total. The van der Waals surface area contributed by atoms with Crippen LogP contribution in [0.15, 0.2) is 30.5 Å². The number of nitrogens with one attached hydrogen (secondary N) is 4. The highest BCUT2D eigenvalue weighted by molar-refractivity contribution is 7.92. The lowest BCUT2D eigenvalue weighted by Gasteiger charge is -2.12. The zero-order valence-electron chi connectivity index (χ0n) is 13.2. The molecule has 2 rings (SSSR count). The molecule has 0 fully saturated rings. The summed E-state index contributed by atoms with van der Waals surface area (Å²) in [6.45, 7) is 2.74. The van der Waals surface area contributed by atoms with Gasteiger partial charge in [-0.15, -0.1) is 0 Å². The summed E-state index contributed by atoms with van der Waals surface area (Å²) in [6.07, 6.45) is 2.80. The van der Waals surface area contributed by atoms with Crippen LogP contribution in [0.5, 0.6) is 0 Å². The molecule has 4 N–H and O–H groups in total. The number of aromatic nitrogens is 2. The maximum absolute atomic E-state index is 11.2. The first-order valence-corrected chi connectivity index (χ1v) is 8.94. The average molecular weight is 336 g/mol. The van der Waals surface area contributed by atoms with Crippen LogP contribution in [-0.4, -0.2) is 38.2 Å². The highest BCUT2D eigenvalue weighted by Gasteiger charge is 2.06. The van der Waals surface area contributed by atoms with Gasteiger partial charge in [-0.1, -0.05) is 0 Å². The second kappa shape index (κ2) is 7.14. The minimum absolute atomic E-state index is 0.448. The average Bonchev–Trinajstić information content (AvgIpc) is 2.48. The molecule has 0 spiro atoms. The molecule has 0 amide bonds. The molecule has 0 saturated heterocycles. The molecule has 0 atom stereocenters. The van der Waals surface area contributed by atoms with E-state index in [-0.39, 0.29) is 0 Å². The maximum Gasteiger partial charge on any atom is 0.229 e. The minimum atomic E-state index is -3.28. The Balaban J connectivity index is 2.14. The summed E-state index contributed by atoms with van der Waals surface area (Å²) >= 11 is 0. The Morgan fingerprint density at radius 3 is 2.35 bits per heavy atom. The second-order valence-electron chi connectivity index (χ2n) is 4.81. The third-order valence-electron chi connectivity index (χ3n) is 2.85. The highest BCUT2D eigenvalue weighted by atomic mass is 32.2. The van der Waals surface area contributed by atoms with E-state index < -0.39 is 10.0 Å². The van der Waals surface area contributed by atoms with Gasteiger partial charge < -0.3 is 16.0 Å². The largest absolute Gasteiger partial charge is 0.384 e. The normalized spacial score (nSPS) is 10.9. The van der Waals surface area contributed by atoms with Crippen molar-refractivity contribution in [3.63, 3.8) is 0 Å². The smallest absolute Gasteiger partial charge is 0.229 e. The zero-order chi connectivity index (χ0) is 16.9. The lowest BCUT2D eigenvalue weighted by atomic mass is 10.3. The van der Waals surface area contributed by atoms with Crippen molar-refractivity contribution < 1.29 is 8.42 Å². The zero-order valence-corrected chi connectivity index (χ0v) is 14.0. The number of hydrogen-bond acceptors (Lipinski definition) is 7. The van der Waals surface area contributed by atoms with Gasteiger partial charge in [0.25, 0.3) is 0 Å². The van der Waals surface area contributed by atoms with Gasteiger partial charge in [0.05, 0.1) is 18.1 Å². The third-order valence-corrected chi connectivity index (χ3v) is 3.45. The molecule has 23 heavy (non-hydrogen) atoms. The Morgan fingerprint density at radius 1 is 1.13 bits per heavy atom. The van der Waals surface area contributed by atoms with Crippen LogP contribution in [0.4, 0.5) is 28.8 Å². The lowest BCUT2D eigenvalue weighted by molar-refractivity contribution is 0.607. The predicted molar refractivity (Wildman–Crippen MR) is 93.9 cm³/mol. The third kappa shape index (κ3) is 4.99. The van der Waals surface area contributed by atoms with Crippen LogP contribution < -0.4 is 20.7 Å². The van der Waals surface area contributed by atoms with Crippen LogP contribution in [-0.2, 0) is 10.0 Å². The standard InChI is InChI=1S/C14H20N6O2S/c1-4-16-13-12(15-2)9-17-14(19-13)18-10-5-7-11(8-6-10)20-23(3,21)22/h5-9,15,20H,4H2,1-3H3,(H2,16,17,18,19). The van der Waals surface area contributed by atoms with Gasteiger partial charge in [-0.2, -0.15) is 4.98 Å². The van der Waals surface area contributed by atoms with Crippen molar-refractivity contribution >= 4 is 38.9 Å². The molecule has 0 unspecified atom stereocenters. The van der Waals surface area contributed by atoms with Gasteiger partial charge in [0.1, 0.15) is 0 Å². The lowest BCUT2D eigenvalue weighted by Crippen LogP contribution is -2.09. The van der Waals surface area contributed by atoms with Crippen LogP contribution in [0.3, 0.4) is 0 Å². The topological polar surface area (TPSA) is 108 Å². The minimum Gasteiger partial charge on any atom is -0.384 e. The SMILES string of the molecule is CCNc1nc(Nc2ccc(NS(C)(=O)=O)cc2)ncc1NC. The first-order valence-electron chi connectivity index (χ1n) is 7.05. The first-order chi connectivity index (χ1) is 10.9. The highest BCUT2D eigenvalue weighted by Crippen LogP contribution is 2.22. The van der Waals surface area contributed by atoms with E-state index in [0.29, 0.717) is 17.5 Å². The molecular formula is C14H20N6O2S. The molecule has 1 heterocycles. The summed E-state index contributed by atoms with van der Waals surface area (Å²) in [6, 6.07) is 6.82. The number of rotatable bonds is 7. The van der Waals surface area contributed by atoms with Crippen LogP contribution in [0.2, 0.25) is 0 Å². The van der Waals surface area contributed by atoms with Crippen LogP contribution >= 0.6 is 0 Å². The summed E-state index contributed by atoms with van der Waals surface area (Å²) in [4.78, 5) is 8.64. The summed E-state index contributed by atoms with van der Waals surface area (Å²) in [5.41, 5.74) is 2.06. The summed E-state index contributed by atoms with van der Waals surface area (Å²) < 4.78 is 24.8. The van der Waals surface area contributed by atoms with Crippen molar-refractivity contribution in [2.75, 3.05) is 40.5 Å². The molecule has 0 aliphatic carbocycles. The Labute approximate surface area is 135 Å². The quantitative estimate of drug-likeness (QED) is 0.613. The van der Waals surface area contributed by atoms with E-state index in [9.17, 15) is 8.42 Å². The van der Waals surface area contributed by atoms with E-state index in [1.165, 1.54) is 0 Å². The number of hydrogen-bond donors (Lipinski definition) is 4. The molecule has 0 bridgehead atoms. The summed E-state index contributed by atoms with van der Waals surface area (Å²) in [7, 11) is -1.47. The molecule has 124 valence electrons. The molecule has 0 radical (unpaired) electrons. The van der Waals surface area contributed by atoms with Crippen molar-refractivity contribution in [3.8, 4) is 0 Å². The fourth-order valence-corrected chi connectivity index (χ4v) is 2.46. The van der Waals surface area contributed by atoms with Gasteiger partial charge in [0.2, 0.25) is 16.0 Å². The van der Waals surface area contributed by atoms with Crippen LogP contribution in [0.25, 0.3) is 0 Å². The monoisotopic (exact) mass is 336 g/mol. The van der Waals surface area contributed by atoms with Crippen molar-refractivity contribution in [1.29, 1.82) is 0 Å². The Bertz CT molecular complexity index is 761. The second-order valence-corrected chi connectivity index (χ2v) is 6.56. The molecule has 0 saturated carbocycles. The van der Waals surface area contributed by atoms with E-state index >= 15 is 0 Å². The maximum atomic E-state index is 11.2. The van der Waals surface area contributed by atoms with E-state index in [4.69, 9.17) is 0 Å². The van der Waals surface area contributed by atoms with E-state index in [0.717, 1.165) is 24.2 Å². The van der Waals surface area contributed by atoms with Gasteiger partial charge in [-0.3, -0.25) is 4.72 Å². The van der Waals surface area contributed by atoms with Crippen LogP contribution in [0.1, 0.15) is 6.92 Å². The first kappa shape index (κ1) is 16.8. The molecule has 1 aromatic carbocycles. The van der Waals surface area contributed by atoms with Gasteiger partial charge in [-0.25, -0.2) is 13.4 Å². The Morgan fingerprint density at radius 2 is 1.78 bits per heavy atom. The predicted octanol–water partition coefficient (Wildman–Crippen LogP) is 2.07. The van der Waals surface area contributed by atoms with Crippen molar-refractivity contribution in [3.05, 3.63) is 30.5 Å². The molecular weight excluding hydrogens is 316 g/mol. The van der Waals surface area contributed by atoms with E-state index in [1.807, 2.05) is 6.92 Å². The van der Waals surface area contributed by atoms with Gasteiger partial charge in [-0.05, 0) is 31.2 Å². The molecule has 0 aliphatic heterocycles. The number of sulfonamides is 1. The summed E-state index contributed by atoms with van der Waals surface area (Å²) in [5.74, 6) is 1.16. The van der Waals surface area contributed by atoms with Crippen molar-refractivity contribution in [2.24, 2.45) is 0 Å². The molecule has 2 aromatic rings. The fourth-order valence-electron chi connectivity index (χ4n) is 1.89. The number of benzene rings is 1. The van der Waals surface area contributed by atoms with Gasteiger partial charge in [0, 0.05) is 25.0 Å².